The van der Waals surface area contributed by atoms with Crippen LogP contribution in [0.5, 0.6) is 0 Å². The topological polar surface area (TPSA) is 41.1 Å². The van der Waals surface area contributed by atoms with E-state index >= 15 is 0 Å². The number of carbonyl (C=O) groups excluding carboxylic acids is 1. The Balaban J connectivity index is 1.79. The molecule has 29 heavy (non-hydrogen) atoms. The van der Waals surface area contributed by atoms with Crippen LogP contribution in [0.25, 0.3) is 5.70 Å². The lowest BCUT2D eigenvalue weighted by molar-refractivity contribution is -0.137. The molecule has 3 aromatic rings. The van der Waals surface area contributed by atoms with Crippen molar-refractivity contribution in [3.05, 3.63) is 102 Å². The van der Waals surface area contributed by atoms with Crippen LogP contribution in [-0.2, 0) is 17.5 Å². The number of carbonyl (C=O) groups is 1. The van der Waals surface area contributed by atoms with Crippen molar-refractivity contribution >= 4 is 23.4 Å². The lowest BCUT2D eigenvalue weighted by Crippen LogP contribution is -2.06. The molecule has 0 aromatic heterocycles. The van der Waals surface area contributed by atoms with Gasteiger partial charge in [-0.3, -0.25) is 4.79 Å². The van der Waals surface area contributed by atoms with Crippen molar-refractivity contribution in [1.29, 1.82) is 0 Å². The molecule has 2 N–H and O–H groups in total. The van der Waals surface area contributed by atoms with Crippen molar-refractivity contribution in [2.75, 3.05) is 10.6 Å². The largest absolute Gasteiger partial charge is 0.416 e. The zero-order valence-electron chi connectivity index (χ0n) is 15.4. The van der Waals surface area contributed by atoms with Crippen LogP contribution in [0.3, 0.4) is 0 Å². The van der Waals surface area contributed by atoms with E-state index in [4.69, 9.17) is 0 Å². The second kappa shape index (κ2) is 9.10. The van der Waals surface area contributed by atoms with Crippen LogP contribution >= 0.6 is 0 Å². The van der Waals surface area contributed by atoms with Crippen LogP contribution in [0.15, 0.2) is 84.9 Å². The summed E-state index contributed by atoms with van der Waals surface area (Å²) in [6.07, 6.45) is -2.55. The fourth-order valence-corrected chi connectivity index (χ4v) is 2.80. The van der Waals surface area contributed by atoms with Gasteiger partial charge in [0, 0.05) is 35.3 Å². The highest BCUT2D eigenvalue weighted by Gasteiger charge is 2.30. The first-order valence-corrected chi connectivity index (χ1v) is 8.94. The van der Waals surface area contributed by atoms with E-state index in [1.54, 1.807) is 6.07 Å². The highest BCUT2D eigenvalue weighted by molar-refractivity contribution is 5.87. The molecule has 0 aliphatic rings. The number of halogens is 3. The normalized spacial score (nSPS) is 11.8. The molecule has 0 aliphatic heterocycles. The molecule has 3 aromatic carbocycles. The number of alkyl halides is 3. The molecule has 0 fully saturated rings. The lowest BCUT2D eigenvalue weighted by Gasteiger charge is -2.14. The smallest absolute Gasteiger partial charge is 0.381 e. The minimum atomic E-state index is -4.44. The Hall–Kier alpha value is -3.54. The third-order valence-electron chi connectivity index (χ3n) is 4.22. The molecule has 3 nitrogen and oxygen atoms in total. The average molecular weight is 396 g/mol. The summed E-state index contributed by atoms with van der Waals surface area (Å²) in [6.45, 7) is 0.623. The summed E-state index contributed by atoms with van der Waals surface area (Å²) >= 11 is 0. The van der Waals surface area contributed by atoms with Crippen LogP contribution in [0.2, 0.25) is 0 Å². The van der Waals surface area contributed by atoms with Gasteiger partial charge in [0.05, 0.1) is 5.56 Å². The first kappa shape index (κ1) is 20.2. The maximum atomic E-state index is 12.9. The van der Waals surface area contributed by atoms with E-state index in [0.717, 1.165) is 23.4 Å². The average Bonchev–Trinajstić information content (AvgIpc) is 2.72. The predicted octanol–water partition coefficient (Wildman–Crippen LogP) is 5.97. The number of nitrogens with one attached hydrogen (secondary N) is 2. The summed E-state index contributed by atoms with van der Waals surface area (Å²) in [5.41, 5.74) is 2.51. The summed E-state index contributed by atoms with van der Waals surface area (Å²) in [7, 11) is 0. The number of allylic oxidation sites excluding steroid dienone is 1. The first-order chi connectivity index (χ1) is 14.0. The van der Waals surface area contributed by atoms with E-state index in [1.165, 1.54) is 18.2 Å². The number of hydrogen-bond donors (Lipinski definition) is 2. The fourth-order valence-electron chi connectivity index (χ4n) is 2.80. The van der Waals surface area contributed by atoms with E-state index in [1.807, 2.05) is 48.5 Å². The third-order valence-corrected chi connectivity index (χ3v) is 4.22. The molecule has 0 radical (unpaired) electrons. The Bertz CT molecular complexity index is 998. The fraction of sp³-hybridized carbons (Fsp3) is 0.0870. The van der Waals surface area contributed by atoms with Gasteiger partial charge in [-0.2, -0.15) is 13.2 Å². The first-order valence-electron chi connectivity index (χ1n) is 8.94. The second-order valence-electron chi connectivity index (χ2n) is 6.34. The van der Waals surface area contributed by atoms with Gasteiger partial charge in [0.1, 0.15) is 6.29 Å². The van der Waals surface area contributed by atoms with Crippen molar-refractivity contribution in [3.63, 3.8) is 0 Å². The molecule has 0 unspecified atom stereocenters. The second-order valence-corrected chi connectivity index (χ2v) is 6.34. The Morgan fingerprint density at radius 2 is 1.59 bits per heavy atom. The SMILES string of the molecule is O=CC=C(Nc1cccc(C(F)(F)F)c1)c1cccc(NCc2ccccc2)c1. The Morgan fingerprint density at radius 3 is 2.31 bits per heavy atom. The van der Waals surface area contributed by atoms with Gasteiger partial charge in [0.25, 0.3) is 0 Å². The number of rotatable bonds is 7. The molecule has 148 valence electrons. The van der Waals surface area contributed by atoms with Gasteiger partial charge in [-0.25, -0.2) is 0 Å². The zero-order chi connectivity index (χ0) is 20.7. The lowest BCUT2D eigenvalue weighted by atomic mass is 10.1. The van der Waals surface area contributed by atoms with Gasteiger partial charge < -0.3 is 10.6 Å². The van der Waals surface area contributed by atoms with Crippen molar-refractivity contribution in [1.82, 2.24) is 0 Å². The molecular formula is C23H19F3N2O. The van der Waals surface area contributed by atoms with Crippen molar-refractivity contribution < 1.29 is 18.0 Å². The van der Waals surface area contributed by atoms with Gasteiger partial charge >= 0.3 is 6.18 Å². The van der Waals surface area contributed by atoms with Crippen LogP contribution in [0, 0.1) is 0 Å². The summed E-state index contributed by atoms with van der Waals surface area (Å²) in [4.78, 5) is 11.1. The highest BCUT2D eigenvalue weighted by Crippen LogP contribution is 2.31. The van der Waals surface area contributed by atoms with Gasteiger partial charge in [-0.15, -0.1) is 0 Å². The van der Waals surface area contributed by atoms with E-state index in [-0.39, 0.29) is 5.69 Å². The molecule has 0 saturated carbocycles. The minimum Gasteiger partial charge on any atom is -0.381 e. The molecule has 0 spiro atoms. The molecule has 0 saturated heterocycles. The molecule has 0 heterocycles. The third kappa shape index (κ3) is 5.72. The number of hydrogen-bond acceptors (Lipinski definition) is 3. The standard InChI is InChI=1S/C23H19F3N2O/c24-23(25,26)19-9-5-11-21(15-19)28-22(12-13-29)18-8-4-10-20(14-18)27-16-17-6-2-1-3-7-17/h1-15,27-28H,16H2. The van der Waals surface area contributed by atoms with Gasteiger partial charge in [0.2, 0.25) is 0 Å². The Kier molecular flexibility index (Phi) is 6.34. The van der Waals surface area contributed by atoms with Crippen molar-refractivity contribution in [3.8, 4) is 0 Å². The molecule has 0 amide bonds. The van der Waals surface area contributed by atoms with Crippen molar-refractivity contribution in [2.45, 2.75) is 12.7 Å². The maximum Gasteiger partial charge on any atom is 0.416 e. The van der Waals surface area contributed by atoms with Gasteiger partial charge in [-0.05, 0) is 35.9 Å². The highest BCUT2D eigenvalue weighted by atomic mass is 19.4. The summed E-state index contributed by atoms with van der Waals surface area (Å²) in [5, 5.41) is 6.21. The number of benzene rings is 3. The molecule has 6 heteroatoms. The quantitative estimate of drug-likeness (QED) is 0.382. The summed E-state index contributed by atoms with van der Waals surface area (Å²) in [5.74, 6) is 0. The van der Waals surface area contributed by atoms with Gasteiger partial charge in [0.15, 0.2) is 0 Å². The molecule has 0 atom stereocenters. The van der Waals surface area contributed by atoms with Crippen LogP contribution in [0.1, 0.15) is 16.7 Å². The maximum absolute atomic E-state index is 12.9. The molecule has 0 aliphatic carbocycles. The van der Waals surface area contributed by atoms with Crippen LogP contribution in [-0.4, -0.2) is 6.29 Å². The zero-order valence-corrected chi connectivity index (χ0v) is 15.4. The predicted molar refractivity (Wildman–Crippen MR) is 109 cm³/mol. The summed E-state index contributed by atoms with van der Waals surface area (Å²) in [6, 6.07) is 22.0. The van der Waals surface area contributed by atoms with E-state index < -0.39 is 11.7 Å². The van der Waals surface area contributed by atoms with E-state index in [0.29, 0.717) is 24.1 Å². The van der Waals surface area contributed by atoms with E-state index in [9.17, 15) is 18.0 Å². The van der Waals surface area contributed by atoms with Crippen LogP contribution < -0.4 is 10.6 Å². The van der Waals surface area contributed by atoms with Crippen molar-refractivity contribution in [2.24, 2.45) is 0 Å². The Morgan fingerprint density at radius 1 is 0.862 bits per heavy atom. The monoisotopic (exact) mass is 396 g/mol. The Labute approximate surface area is 166 Å². The van der Waals surface area contributed by atoms with Crippen LogP contribution in [0.4, 0.5) is 24.5 Å². The van der Waals surface area contributed by atoms with E-state index in [2.05, 4.69) is 10.6 Å². The number of anilines is 2. The number of aldehydes is 1. The summed E-state index contributed by atoms with van der Waals surface area (Å²) < 4.78 is 38.8. The molecule has 3 rings (SSSR count). The van der Waals surface area contributed by atoms with Gasteiger partial charge in [-0.1, -0.05) is 48.5 Å². The minimum absolute atomic E-state index is 0.246. The molecule has 0 bridgehead atoms. The molecular weight excluding hydrogens is 377 g/mol.